The van der Waals surface area contributed by atoms with Crippen LogP contribution in [0.4, 0.5) is 30.2 Å². The number of nitro benzene ring substituents is 1. The number of thioether (sulfide) groups is 1. The zero-order valence-electron chi connectivity index (χ0n) is 30.9. The summed E-state index contributed by atoms with van der Waals surface area (Å²) < 4.78 is 75.5. The average Bonchev–Trinajstić information content (AvgIpc) is 3.22. The highest BCUT2D eigenvalue weighted by molar-refractivity contribution is 7.99. The maximum absolute atomic E-state index is 13.9. The number of pyridine rings is 1. The predicted molar refractivity (Wildman–Crippen MR) is 214 cm³/mol. The number of halogens is 3. The van der Waals surface area contributed by atoms with E-state index in [0.717, 1.165) is 23.1 Å². The van der Waals surface area contributed by atoms with Crippen molar-refractivity contribution in [1.29, 1.82) is 0 Å². The molecule has 2 amide bonds. The van der Waals surface area contributed by atoms with Crippen molar-refractivity contribution >= 4 is 50.7 Å². The van der Waals surface area contributed by atoms with Crippen molar-refractivity contribution in [2.75, 3.05) is 55.3 Å². The molecular formula is C40H37F3N6O7S2. The summed E-state index contributed by atoms with van der Waals surface area (Å²) in [7, 11) is -4.50. The lowest BCUT2D eigenvalue weighted by molar-refractivity contribution is -0.384. The van der Waals surface area contributed by atoms with Gasteiger partial charge in [-0.15, -0.1) is 11.8 Å². The van der Waals surface area contributed by atoms with Crippen LogP contribution >= 0.6 is 11.8 Å². The zero-order valence-corrected chi connectivity index (χ0v) is 32.6. The number of nitro groups is 1. The number of carbonyl (C=O) groups is 2. The van der Waals surface area contributed by atoms with Gasteiger partial charge in [0.1, 0.15) is 11.4 Å². The molecular weight excluding hydrogens is 798 g/mol. The van der Waals surface area contributed by atoms with E-state index in [2.05, 4.69) is 10.3 Å². The van der Waals surface area contributed by atoms with Crippen molar-refractivity contribution in [1.82, 2.24) is 14.6 Å². The fraction of sp³-hybridized carbons (Fsp3) is 0.225. The van der Waals surface area contributed by atoms with Crippen molar-refractivity contribution < 1.29 is 40.8 Å². The van der Waals surface area contributed by atoms with Crippen LogP contribution in [0.3, 0.4) is 0 Å². The summed E-state index contributed by atoms with van der Waals surface area (Å²) in [5.74, 6) is -0.539. The van der Waals surface area contributed by atoms with E-state index < -0.39 is 49.1 Å². The first-order valence-electron chi connectivity index (χ1n) is 17.9. The van der Waals surface area contributed by atoms with E-state index in [-0.39, 0.29) is 35.5 Å². The van der Waals surface area contributed by atoms with E-state index in [4.69, 9.17) is 4.74 Å². The minimum Gasteiger partial charge on any atom is -0.492 e. The van der Waals surface area contributed by atoms with Gasteiger partial charge in [0.15, 0.2) is 0 Å². The molecule has 58 heavy (non-hydrogen) atoms. The van der Waals surface area contributed by atoms with Crippen molar-refractivity contribution in [2.24, 2.45) is 0 Å². The molecule has 0 unspecified atom stereocenters. The summed E-state index contributed by atoms with van der Waals surface area (Å²) in [5.41, 5.74) is -0.231. The second-order valence-corrected chi connectivity index (χ2v) is 15.8. The van der Waals surface area contributed by atoms with Gasteiger partial charge in [-0.2, -0.15) is 13.2 Å². The number of alkyl halides is 3. The van der Waals surface area contributed by atoms with Gasteiger partial charge < -0.3 is 19.9 Å². The molecule has 0 bridgehead atoms. The molecule has 0 atom stereocenters. The Morgan fingerprint density at radius 3 is 2.29 bits per heavy atom. The maximum Gasteiger partial charge on any atom is 0.416 e. The van der Waals surface area contributed by atoms with E-state index in [1.807, 2.05) is 40.0 Å². The van der Waals surface area contributed by atoms with Crippen LogP contribution < -0.4 is 19.7 Å². The third-order valence-corrected chi connectivity index (χ3v) is 11.4. The van der Waals surface area contributed by atoms with Crippen molar-refractivity contribution in [2.45, 2.75) is 22.9 Å². The number of aromatic nitrogens is 1. The van der Waals surface area contributed by atoms with Crippen LogP contribution in [0.15, 0.2) is 119 Å². The molecule has 5 aromatic rings. The summed E-state index contributed by atoms with van der Waals surface area (Å²) in [6.45, 7) is 3.52. The number of rotatable bonds is 14. The lowest BCUT2D eigenvalue weighted by Gasteiger charge is -2.36. The molecule has 18 heteroatoms. The van der Waals surface area contributed by atoms with Gasteiger partial charge in [0.2, 0.25) is 0 Å². The Kier molecular flexibility index (Phi) is 12.9. The molecule has 1 aromatic heterocycles. The van der Waals surface area contributed by atoms with Gasteiger partial charge in [-0.05, 0) is 85.3 Å². The summed E-state index contributed by atoms with van der Waals surface area (Å²) >= 11 is 1.55. The zero-order chi connectivity index (χ0) is 41.5. The number of hydrogen-bond acceptors (Lipinski definition) is 11. The summed E-state index contributed by atoms with van der Waals surface area (Å²) in [4.78, 5) is 45.7. The third kappa shape index (κ3) is 10.2. The van der Waals surface area contributed by atoms with Crippen LogP contribution in [0, 0.1) is 10.1 Å². The molecule has 4 aromatic carbocycles. The van der Waals surface area contributed by atoms with Gasteiger partial charge in [0.05, 0.1) is 28.2 Å². The number of amides is 2. The Bertz CT molecular complexity index is 2400. The molecule has 2 N–H and O–H groups in total. The Balaban J connectivity index is 1.06. The van der Waals surface area contributed by atoms with E-state index in [1.54, 1.807) is 36.9 Å². The topological polar surface area (TPSA) is 164 Å². The predicted octanol–water partition coefficient (Wildman–Crippen LogP) is 7.36. The second-order valence-electron chi connectivity index (χ2n) is 12.9. The van der Waals surface area contributed by atoms with Gasteiger partial charge in [-0.25, -0.2) is 13.1 Å². The van der Waals surface area contributed by atoms with E-state index >= 15 is 0 Å². The molecule has 0 aliphatic carbocycles. The third-order valence-electron chi connectivity index (χ3n) is 9.06. The first-order chi connectivity index (χ1) is 27.7. The normalized spacial score (nSPS) is 13.2. The van der Waals surface area contributed by atoms with E-state index in [1.165, 1.54) is 47.6 Å². The van der Waals surface area contributed by atoms with Crippen molar-refractivity contribution in [3.05, 3.63) is 136 Å². The SMILES string of the molecule is CCOc1cncc(-c2cc(C(=O)N3CCN(c4ccc(C(=O)NS(=O)(=O)c5ccc(NCCSc6ccccc6)c([N+](=O)[O-])c5)cc4)CC3)cc(C(F)(F)F)c2)c1. The molecule has 302 valence electrons. The highest BCUT2D eigenvalue weighted by Gasteiger charge is 2.33. The number of hydrogen-bond donors (Lipinski definition) is 2. The Hall–Kier alpha value is -6.14. The molecule has 6 rings (SSSR count). The number of carbonyl (C=O) groups excluding carboxylic acids is 2. The minimum atomic E-state index is -4.70. The maximum atomic E-state index is 13.9. The van der Waals surface area contributed by atoms with E-state index in [9.17, 15) is 41.3 Å². The molecule has 0 saturated carbocycles. The summed E-state index contributed by atoms with van der Waals surface area (Å²) in [6, 6.07) is 23.7. The van der Waals surface area contributed by atoms with Gasteiger partial charge in [-0.1, -0.05) is 18.2 Å². The minimum absolute atomic E-state index is 0.00665. The molecule has 1 fully saturated rings. The smallest absolute Gasteiger partial charge is 0.416 e. The summed E-state index contributed by atoms with van der Waals surface area (Å²) in [6.07, 6.45) is -1.85. The Labute approximate surface area is 336 Å². The molecule has 1 saturated heterocycles. The van der Waals surface area contributed by atoms with Crippen molar-refractivity contribution in [3.8, 4) is 16.9 Å². The number of nitrogens with zero attached hydrogens (tertiary/aromatic N) is 4. The molecule has 0 spiro atoms. The lowest BCUT2D eigenvalue weighted by atomic mass is 9.99. The van der Waals surface area contributed by atoms with Crippen LogP contribution in [0.5, 0.6) is 5.75 Å². The molecule has 1 aliphatic heterocycles. The van der Waals surface area contributed by atoms with Gasteiger partial charge in [-0.3, -0.25) is 24.7 Å². The molecule has 1 aliphatic rings. The van der Waals surface area contributed by atoms with Gasteiger partial charge >= 0.3 is 6.18 Å². The largest absolute Gasteiger partial charge is 0.492 e. The standard InChI is InChI=1S/C40H37F3N6O7S2/c1-2-56-33-23-30(25-44-26-33)28-20-29(22-31(21-28)40(41,42)43)39(51)48-17-15-47(16-18-48)32-10-8-27(9-11-32)38(50)46-58(54,55)35-12-13-36(37(24-35)49(52)53)45-14-19-57-34-6-4-3-5-7-34/h3-13,20-26,45H,2,14-19H2,1H3,(H,46,50). The second kappa shape index (κ2) is 18.0. The van der Waals surface area contributed by atoms with Gasteiger partial charge in [0, 0.05) is 78.0 Å². The highest BCUT2D eigenvalue weighted by atomic mass is 32.2. The lowest BCUT2D eigenvalue weighted by Crippen LogP contribution is -2.48. The first kappa shape index (κ1) is 41.5. The number of sulfonamides is 1. The first-order valence-corrected chi connectivity index (χ1v) is 20.4. The Morgan fingerprint density at radius 1 is 0.897 bits per heavy atom. The van der Waals surface area contributed by atoms with E-state index in [0.29, 0.717) is 49.0 Å². The number of piperazine rings is 1. The van der Waals surface area contributed by atoms with Crippen molar-refractivity contribution in [3.63, 3.8) is 0 Å². The fourth-order valence-electron chi connectivity index (χ4n) is 6.17. The number of benzene rings is 4. The highest BCUT2D eigenvalue weighted by Crippen LogP contribution is 2.35. The van der Waals surface area contributed by atoms with Gasteiger partial charge in [0.25, 0.3) is 27.5 Å². The number of anilines is 2. The van der Waals surface area contributed by atoms with Crippen LogP contribution in [0.25, 0.3) is 11.1 Å². The van der Waals surface area contributed by atoms with Crippen LogP contribution in [0.1, 0.15) is 33.2 Å². The fourth-order valence-corrected chi connectivity index (χ4v) is 7.95. The quantitative estimate of drug-likeness (QED) is 0.0497. The van der Waals surface area contributed by atoms with Crippen LogP contribution in [-0.4, -0.2) is 80.1 Å². The average molecular weight is 835 g/mol. The van der Waals surface area contributed by atoms with Crippen LogP contribution in [0.2, 0.25) is 0 Å². The monoisotopic (exact) mass is 834 g/mol. The molecule has 0 radical (unpaired) electrons. The summed E-state index contributed by atoms with van der Waals surface area (Å²) in [5, 5.41) is 14.8. The molecule has 2 heterocycles. The van der Waals surface area contributed by atoms with Crippen LogP contribution in [-0.2, 0) is 16.2 Å². The Morgan fingerprint density at radius 2 is 1.62 bits per heavy atom. The number of nitrogens with one attached hydrogen (secondary N) is 2. The molecule has 13 nitrogen and oxygen atoms in total. The number of ether oxygens (including phenoxy) is 1.